The van der Waals surface area contributed by atoms with E-state index in [2.05, 4.69) is 10.6 Å². The van der Waals surface area contributed by atoms with E-state index in [1.165, 1.54) is 31.0 Å². The highest BCUT2D eigenvalue weighted by atomic mass is 35.5. The molecule has 2 aliphatic rings. The van der Waals surface area contributed by atoms with Gasteiger partial charge in [0.25, 0.3) is 5.91 Å². The summed E-state index contributed by atoms with van der Waals surface area (Å²) < 4.78 is 13.6. The van der Waals surface area contributed by atoms with E-state index in [4.69, 9.17) is 11.6 Å². The normalized spacial score (nSPS) is 27.8. The molecule has 0 radical (unpaired) electrons. The second-order valence-corrected chi connectivity index (χ2v) is 5.84. The van der Waals surface area contributed by atoms with E-state index in [1.54, 1.807) is 0 Å². The fraction of sp³-hybridized carbons (Fsp3) is 0.500. The minimum Gasteiger partial charge on any atom is -0.349 e. The van der Waals surface area contributed by atoms with Crippen LogP contribution in [0.5, 0.6) is 0 Å². The number of halogens is 3. The van der Waals surface area contributed by atoms with Crippen LogP contribution in [0.2, 0.25) is 5.02 Å². The van der Waals surface area contributed by atoms with Gasteiger partial charge in [-0.25, -0.2) is 4.39 Å². The first-order valence-corrected chi connectivity index (χ1v) is 7.01. The van der Waals surface area contributed by atoms with Crippen molar-refractivity contribution in [2.24, 2.45) is 0 Å². The monoisotopic (exact) mass is 318 g/mol. The van der Waals surface area contributed by atoms with Crippen molar-refractivity contribution in [3.05, 3.63) is 34.6 Å². The highest BCUT2D eigenvalue weighted by molar-refractivity contribution is 6.31. The minimum absolute atomic E-state index is 0. The first kappa shape index (κ1) is 15.5. The van der Waals surface area contributed by atoms with Crippen molar-refractivity contribution in [2.45, 2.75) is 43.8 Å². The van der Waals surface area contributed by atoms with Crippen molar-refractivity contribution in [3.63, 3.8) is 0 Å². The zero-order valence-corrected chi connectivity index (χ0v) is 12.4. The van der Waals surface area contributed by atoms with Crippen LogP contribution in [-0.2, 0) is 0 Å². The summed E-state index contributed by atoms with van der Waals surface area (Å²) in [6, 6.07) is 5.16. The molecule has 2 bridgehead atoms. The SMILES string of the molecule is Cl.O=C(NC1CC2CCC(C1)N2)c1cc(Cl)ccc1F. The Balaban J connectivity index is 0.00000147. The maximum atomic E-state index is 13.6. The van der Waals surface area contributed by atoms with Crippen LogP contribution in [0.3, 0.4) is 0 Å². The highest BCUT2D eigenvalue weighted by Crippen LogP contribution is 2.27. The van der Waals surface area contributed by atoms with Crippen LogP contribution in [0.1, 0.15) is 36.0 Å². The van der Waals surface area contributed by atoms with Crippen LogP contribution in [0.25, 0.3) is 0 Å². The van der Waals surface area contributed by atoms with Crippen molar-refractivity contribution in [3.8, 4) is 0 Å². The molecule has 2 fully saturated rings. The third-order valence-electron chi connectivity index (χ3n) is 3.98. The molecule has 2 unspecified atom stereocenters. The quantitative estimate of drug-likeness (QED) is 0.880. The van der Waals surface area contributed by atoms with Gasteiger partial charge < -0.3 is 10.6 Å². The Kier molecular flexibility index (Phi) is 4.89. The van der Waals surface area contributed by atoms with Gasteiger partial charge in [0.15, 0.2) is 0 Å². The van der Waals surface area contributed by atoms with Gasteiger partial charge in [-0.3, -0.25) is 4.79 Å². The molecule has 0 saturated carbocycles. The largest absolute Gasteiger partial charge is 0.349 e. The van der Waals surface area contributed by atoms with Gasteiger partial charge in [-0.05, 0) is 43.9 Å². The Morgan fingerprint density at radius 2 is 1.95 bits per heavy atom. The first-order valence-electron chi connectivity index (χ1n) is 6.64. The van der Waals surface area contributed by atoms with Gasteiger partial charge >= 0.3 is 0 Å². The second-order valence-electron chi connectivity index (χ2n) is 5.40. The van der Waals surface area contributed by atoms with E-state index >= 15 is 0 Å². The molecule has 0 aromatic heterocycles. The number of piperidine rings is 1. The molecule has 1 amide bonds. The maximum Gasteiger partial charge on any atom is 0.254 e. The molecule has 2 aliphatic heterocycles. The number of rotatable bonds is 2. The number of benzene rings is 1. The number of hydrogen-bond donors (Lipinski definition) is 2. The predicted octanol–water partition coefficient (Wildman–Crippen LogP) is 2.91. The van der Waals surface area contributed by atoms with Crippen LogP contribution in [-0.4, -0.2) is 24.0 Å². The van der Waals surface area contributed by atoms with E-state index in [1.807, 2.05) is 0 Å². The molecular formula is C14H17Cl2FN2O. The lowest BCUT2D eigenvalue weighted by Gasteiger charge is -2.29. The maximum absolute atomic E-state index is 13.6. The summed E-state index contributed by atoms with van der Waals surface area (Å²) in [5.41, 5.74) is 0.0263. The lowest BCUT2D eigenvalue weighted by molar-refractivity contribution is 0.0920. The molecule has 1 aromatic carbocycles. The molecule has 110 valence electrons. The summed E-state index contributed by atoms with van der Waals surface area (Å²) in [4.78, 5) is 12.1. The van der Waals surface area contributed by atoms with Crippen molar-refractivity contribution in [2.75, 3.05) is 0 Å². The number of amides is 1. The minimum atomic E-state index is -0.529. The lowest BCUT2D eigenvalue weighted by Crippen LogP contribution is -2.48. The van der Waals surface area contributed by atoms with Gasteiger partial charge in [0.2, 0.25) is 0 Å². The highest BCUT2D eigenvalue weighted by Gasteiger charge is 2.34. The van der Waals surface area contributed by atoms with Crippen LogP contribution < -0.4 is 10.6 Å². The standard InChI is InChI=1S/C14H16ClFN2O.ClH/c15-8-1-4-13(16)12(5-8)14(19)18-11-6-9-2-3-10(7-11)17-9;/h1,4-5,9-11,17H,2-3,6-7H2,(H,18,19);1H. The number of hydrogen-bond acceptors (Lipinski definition) is 2. The fourth-order valence-electron chi connectivity index (χ4n) is 3.11. The van der Waals surface area contributed by atoms with Gasteiger partial charge in [-0.15, -0.1) is 12.4 Å². The molecule has 3 nitrogen and oxygen atoms in total. The lowest BCUT2D eigenvalue weighted by atomic mass is 9.99. The molecule has 20 heavy (non-hydrogen) atoms. The van der Waals surface area contributed by atoms with Crippen LogP contribution >= 0.6 is 24.0 Å². The summed E-state index contributed by atoms with van der Waals surface area (Å²) in [5, 5.41) is 6.81. The van der Waals surface area contributed by atoms with Gasteiger partial charge in [0.1, 0.15) is 5.82 Å². The van der Waals surface area contributed by atoms with Crippen LogP contribution in [0.15, 0.2) is 18.2 Å². The molecule has 0 spiro atoms. The topological polar surface area (TPSA) is 41.1 Å². The van der Waals surface area contributed by atoms with Gasteiger partial charge in [0.05, 0.1) is 5.56 Å². The fourth-order valence-corrected chi connectivity index (χ4v) is 3.28. The number of carbonyl (C=O) groups is 1. The zero-order chi connectivity index (χ0) is 13.4. The van der Waals surface area contributed by atoms with Crippen molar-refractivity contribution in [1.82, 2.24) is 10.6 Å². The molecule has 6 heteroatoms. The molecular weight excluding hydrogens is 302 g/mol. The number of fused-ring (bicyclic) bond motifs is 2. The van der Waals surface area contributed by atoms with E-state index in [0.717, 1.165) is 12.8 Å². The molecule has 2 saturated heterocycles. The summed E-state index contributed by atoms with van der Waals surface area (Å²) in [7, 11) is 0. The van der Waals surface area contributed by atoms with Crippen molar-refractivity contribution < 1.29 is 9.18 Å². The van der Waals surface area contributed by atoms with E-state index < -0.39 is 5.82 Å². The molecule has 2 atom stereocenters. The predicted molar refractivity (Wildman–Crippen MR) is 79.1 cm³/mol. The Hall–Kier alpha value is -0.840. The average Bonchev–Trinajstić information content (AvgIpc) is 2.71. The molecule has 0 aliphatic carbocycles. The summed E-state index contributed by atoms with van der Waals surface area (Å²) in [6.45, 7) is 0. The molecule has 2 N–H and O–H groups in total. The Morgan fingerprint density at radius 3 is 2.60 bits per heavy atom. The summed E-state index contributed by atoms with van der Waals surface area (Å²) >= 11 is 5.80. The molecule has 3 rings (SSSR count). The summed E-state index contributed by atoms with van der Waals surface area (Å²) in [5.74, 6) is -0.898. The van der Waals surface area contributed by atoms with Gasteiger partial charge in [-0.2, -0.15) is 0 Å². The Labute approximate surface area is 128 Å². The van der Waals surface area contributed by atoms with E-state index in [0.29, 0.717) is 17.1 Å². The molecule has 2 heterocycles. The number of carbonyl (C=O) groups excluding carboxylic acids is 1. The van der Waals surface area contributed by atoms with Crippen molar-refractivity contribution >= 4 is 29.9 Å². The van der Waals surface area contributed by atoms with Gasteiger partial charge in [0, 0.05) is 23.1 Å². The third-order valence-corrected chi connectivity index (χ3v) is 4.22. The number of nitrogens with one attached hydrogen (secondary N) is 2. The molecule has 1 aromatic rings. The third kappa shape index (κ3) is 3.25. The first-order chi connectivity index (χ1) is 9.11. The van der Waals surface area contributed by atoms with Gasteiger partial charge in [-0.1, -0.05) is 11.6 Å². The zero-order valence-electron chi connectivity index (χ0n) is 10.9. The smallest absolute Gasteiger partial charge is 0.254 e. The van der Waals surface area contributed by atoms with E-state index in [-0.39, 0.29) is 29.9 Å². The Bertz CT molecular complexity index is 500. The van der Waals surface area contributed by atoms with Crippen LogP contribution in [0, 0.1) is 5.82 Å². The second kappa shape index (κ2) is 6.29. The Morgan fingerprint density at radius 1 is 1.30 bits per heavy atom. The summed E-state index contributed by atoms with van der Waals surface area (Å²) in [6.07, 6.45) is 4.18. The van der Waals surface area contributed by atoms with E-state index in [9.17, 15) is 9.18 Å². The van der Waals surface area contributed by atoms with Crippen LogP contribution in [0.4, 0.5) is 4.39 Å². The van der Waals surface area contributed by atoms with Crippen molar-refractivity contribution in [1.29, 1.82) is 0 Å². The average molecular weight is 319 g/mol.